The number of methoxy groups -OCH3 is 1. The van der Waals surface area contributed by atoms with Crippen molar-refractivity contribution in [3.63, 3.8) is 0 Å². The maximum absolute atomic E-state index is 12.5. The van der Waals surface area contributed by atoms with E-state index >= 15 is 0 Å². The third-order valence-electron chi connectivity index (χ3n) is 3.99. The number of hydrogen-bond acceptors (Lipinski definition) is 4. The fraction of sp³-hybridized carbons (Fsp3) is 0.0952. The van der Waals surface area contributed by atoms with Crippen LogP contribution in [0.25, 0.3) is 0 Å². The number of ether oxygens (including phenoxy) is 1. The molecule has 28 heavy (non-hydrogen) atoms. The lowest BCUT2D eigenvalue weighted by molar-refractivity contribution is 0.101. The Morgan fingerprint density at radius 1 is 0.893 bits per heavy atom. The number of rotatable bonds is 5. The average molecular weight is 396 g/mol. The summed E-state index contributed by atoms with van der Waals surface area (Å²) < 4.78 is 5.09. The molecule has 2 aromatic carbocycles. The van der Waals surface area contributed by atoms with Crippen molar-refractivity contribution in [2.75, 3.05) is 17.7 Å². The molecule has 1 heterocycles. The molecule has 0 aliphatic carbocycles. The number of amides is 2. The zero-order valence-corrected chi connectivity index (χ0v) is 16.1. The number of anilines is 2. The summed E-state index contributed by atoms with van der Waals surface area (Å²) >= 11 is 6.08. The van der Waals surface area contributed by atoms with Gasteiger partial charge in [0.05, 0.1) is 7.11 Å². The molecule has 0 atom stereocenters. The van der Waals surface area contributed by atoms with Gasteiger partial charge in [0.15, 0.2) is 0 Å². The van der Waals surface area contributed by atoms with Crippen molar-refractivity contribution in [1.29, 1.82) is 0 Å². The van der Waals surface area contributed by atoms with E-state index in [1.165, 1.54) is 6.07 Å². The maximum atomic E-state index is 12.5. The lowest BCUT2D eigenvalue weighted by Gasteiger charge is -2.08. The van der Waals surface area contributed by atoms with Gasteiger partial charge in [-0.3, -0.25) is 9.59 Å². The third kappa shape index (κ3) is 4.66. The molecule has 1 aromatic heterocycles. The molecule has 2 N–H and O–H groups in total. The Morgan fingerprint density at radius 2 is 1.46 bits per heavy atom. The number of hydrogen-bond donors (Lipinski definition) is 2. The van der Waals surface area contributed by atoms with Gasteiger partial charge in [-0.05, 0) is 61.0 Å². The first-order valence-electron chi connectivity index (χ1n) is 8.46. The number of aromatic nitrogens is 1. The molecule has 0 unspecified atom stereocenters. The Hall–Kier alpha value is -3.38. The molecule has 0 fully saturated rings. The molecule has 3 aromatic rings. The molecule has 0 radical (unpaired) electrons. The van der Waals surface area contributed by atoms with Gasteiger partial charge in [-0.1, -0.05) is 23.7 Å². The summed E-state index contributed by atoms with van der Waals surface area (Å²) in [7, 11) is 1.57. The molecule has 0 spiro atoms. The summed E-state index contributed by atoms with van der Waals surface area (Å²) in [5.41, 5.74) is 2.31. The molecule has 3 rings (SSSR count). The van der Waals surface area contributed by atoms with Gasteiger partial charge in [0, 0.05) is 16.4 Å². The van der Waals surface area contributed by atoms with Crippen molar-refractivity contribution in [3.8, 4) is 5.75 Å². The van der Waals surface area contributed by atoms with E-state index in [4.69, 9.17) is 16.3 Å². The van der Waals surface area contributed by atoms with E-state index < -0.39 is 11.8 Å². The Bertz CT molecular complexity index is 1020. The quantitative estimate of drug-likeness (QED) is 0.663. The molecule has 2 amide bonds. The van der Waals surface area contributed by atoms with E-state index in [9.17, 15) is 9.59 Å². The maximum Gasteiger partial charge on any atom is 0.274 e. The van der Waals surface area contributed by atoms with Crippen LogP contribution < -0.4 is 15.4 Å². The van der Waals surface area contributed by atoms with Gasteiger partial charge in [0.1, 0.15) is 17.1 Å². The molecular formula is C21H18ClN3O3. The van der Waals surface area contributed by atoms with E-state index in [2.05, 4.69) is 15.6 Å². The first-order valence-corrected chi connectivity index (χ1v) is 8.84. The predicted molar refractivity (Wildman–Crippen MR) is 109 cm³/mol. The topological polar surface area (TPSA) is 80.3 Å². The molecule has 7 heteroatoms. The Morgan fingerprint density at radius 3 is 2.04 bits per heavy atom. The third-order valence-corrected chi connectivity index (χ3v) is 4.40. The molecule has 142 valence electrons. The molecule has 0 saturated carbocycles. The SMILES string of the molecule is COc1ccc(NC(=O)c2cccc(C(=O)Nc3ccc(C)c(Cl)c3)n2)cc1. The lowest BCUT2D eigenvalue weighted by atomic mass is 10.2. The van der Waals surface area contributed by atoms with Crippen LogP contribution in [0.15, 0.2) is 60.7 Å². The van der Waals surface area contributed by atoms with Crippen LogP contribution in [0.1, 0.15) is 26.5 Å². The normalized spacial score (nSPS) is 10.2. The van der Waals surface area contributed by atoms with Gasteiger partial charge in [-0.2, -0.15) is 0 Å². The Labute approximate surface area is 167 Å². The van der Waals surface area contributed by atoms with E-state index in [-0.39, 0.29) is 11.4 Å². The zero-order valence-electron chi connectivity index (χ0n) is 15.3. The second kappa shape index (κ2) is 8.54. The van der Waals surface area contributed by atoms with Crippen molar-refractivity contribution in [2.24, 2.45) is 0 Å². The summed E-state index contributed by atoms with van der Waals surface area (Å²) in [6, 6.07) is 16.8. The van der Waals surface area contributed by atoms with Gasteiger partial charge in [-0.25, -0.2) is 4.98 Å². The van der Waals surface area contributed by atoms with Crippen LogP contribution in [0, 0.1) is 6.92 Å². The van der Waals surface area contributed by atoms with Crippen molar-refractivity contribution in [2.45, 2.75) is 6.92 Å². The van der Waals surface area contributed by atoms with Gasteiger partial charge >= 0.3 is 0 Å². The number of pyridine rings is 1. The number of benzene rings is 2. The standard InChI is InChI=1S/C21H18ClN3O3/c1-13-6-7-15(12-17(13)22)24-21(27)19-5-3-4-18(25-19)20(26)23-14-8-10-16(28-2)11-9-14/h3-12H,1-2H3,(H,23,26)(H,24,27). The van der Waals surface area contributed by atoms with Crippen molar-refractivity contribution >= 4 is 34.8 Å². The van der Waals surface area contributed by atoms with E-state index in [0.717, 1.165) is 5.56 Å². The minimum absolute atomic E-state index is 0.124. The summed E-state index contributed by atoms with van der Waals surface area (Å²) in [6.07, 6.45) is 0. The van der Waals surface area contributed by atoms with E-state index in [1.54, 1.807) is 55.6 Å². The number of aryl methyl sites for hydroxylation is 1. The Kier molecular flexibility index (Phi) is 5.91. The molecular weight excluding hydrogens is 378 g/mol. The number of carbonyl (C=O) groups is 2. The molecule has 0 bridgehead atoms. The summed E-state index contributed by atoms with van der Waals surface area (Å²) in [5.74, 6) is -0.164. The Balaban J connectivity index is 1.72. The number of halogens is 1. The fourth-order valence-electron chi connectivity index (χ4n) is 2.42. The predicted octanol–water partition coefficient (Wildman–Crippen LogP) is 4.56. The minimum atomic E-state index is -0.431. The number of nitrogens with zero attached hydrogens (tertiary/aromatic N) is 1. The highest BCUT2D eigenvalue weighted by atomic mass is 35.5. The van der Waals surface area contributed by atoms with Crippen LogP contribution in [-0.4, -0.2) is 23.9 Å². The highest BCUT2D eigenvalue weighted by Gasteiger charge is 2.13. The highest BCUT2D eigenvalue weighted by Crippen LogP contribution is 2.20. The lowest BCUT2D eigenvalue weighted by Crippen LogP contribution is -2.18. The number of carbonyl (C=O) groups excluding carboxylic acids is 2. The van der Waals surface area contributed by atoms with Crippen LogP contribution in [0.3, 0.4) is 0 Å². The second-order valence-electron chi connectivity index (χ2n) is 6.01. The van der Waals surface area contributed by atoms with Gasteiger partial charge < -0.3 is 15.4 Å². The number of nitrogens with one attached hydrogen (secondary N) is 2. The first-order chi connectivity index (χ1) is 13.5. The van der Waals surface area contributed by atoms with Crippen LogP contribution in [0.4, 0.5) is 11.4 Å². The largest absolute Gasteiger partial charge is 0.497 e. The smallest absolute Gasteiger partial charge is 0.274 e. The molecule has 6 nitrogen and oxygen atoms in total. The van der Waals surface area contributed by atoms with Gasteiger partial charge in [-0.15, -0.1) is 0 Å². The van der Waals surface area contributed by atoms with Gasteiger partial charge in [0.25, 0.3) is 11.8 Å². The second-order valence-corrected chi connectivity index (χ2v) is 6.42. The monoisotopic (exact) mass is 395 g/mol. The van der Waals surface area contributed by atoms with Crippen molar-refractivity contribution in [1.82, 2.24) is 4.98 Å². The summed E-state index contributed by atoms with van der Waals surface area (Å²) in [5, 5.41) is 6.01. The fourth-order valence-corrected chi connectivity index (χ4v) is 2.60. The van der Waals surface area contributed by atoms with Crippen molar-refractivity contribution < 1.29 is 14.3 Å². The van der Waals surface area contributed by atoms with Gasteiger partial charge in [0.2, 0.25) is 0 Å². The minimum Gasteiger partial charge on any atom is -0.497 e. The highest BCUT2D eigenvalue weighted by molar-refractivity contribution is 6.31. The zero-order chi connectivity index (χ0) is 20.1. The summed E-state index contributed by atoms with van der Waals surface area (Å²) in [6.45, 7) is 1.88. The van der Waals surface area contributed by atoms with Crippen LogP contribution >= 0.6 is 11.6 Å². The molecule has 0 saturated heterocycles. The van der Waals surface area contributed by atoms with E-state index in [0.29, 0.717) is 22.1 Å². The first kappa shape index (κ1) is 19.4. The van der Waals surface area contributed by atoms with Crippen LogP contribution in [0.5, 0.6) is 5.75 Å². The summed E-state index contributed by atoms with van der Waals surface area (Å²) in [4.78, 5) is 29.0. The van der Waals surface area contributed by atoms with Crippen LogP contribution in [0.2, 0.25) is 5.02 Å². The average Bonchev–Trinajstić information content (AvgIpc) is 2.71. The molecule has 0 aliphatic rings. The van der Waals surface area contributed by atoms with Crippen molar-refractivity contribution in [3.05, 3.63) is 82.6 Å². The van der Waals surface area contributed by atoms with Crippen LogP contribution in [-0.2, 0) is 0 Å². The van der Waals surface area contributed by atoms with E-state index in [1.807, 2.05) is 13.0 Å². The molecule has 0 aliphatic heterocycles.